The summed E-state index contributed by atoms with van der Waals surface area (Å²) in [6, 6.07) is 7.96. The van der Waals surface area contributed by atoms with E-state index >= 15 is 0 Å². The highest BCUT2D eigenvalue weighted by Crippen LogP contribution is 2.42. The number of ether oxygens (including phenoxy) is 1. The van der Waals surface area contributed by atoms with E-state index in [-0.39, 0.29) is 29.4 Å². The molecule has 3 fully saturated rings. The zero-order valence-electron chi connectivity index (χ0n) is 15.4. The van der Waals surface area contributed by atoms with Crippen molar-refractivity contribution in [2.45, 2.75) is 25.0 Å². The number of benzene rings is 1. The average molecular weight is 396 g/mol. The van der Waals surface area contributed by atoms with Gasteiger partial charge in [-0.1, -0.05) is 6.08 Å². The van der Waals surface area contributed by atoms with E-state index in [9.17, 15) is 5.11 Å². The van der Waals surface area contributed by atoms with E-state index in [4.69, 9.17) is 4.74 Å². The van der Waals surface area contributed by atoms with Crippen LogP contribution in [0.5, 0.6) is 5.75 Å². The molecule has 0 radical (unpaired) electrons. The molecule has 7 heteroatoms. The van der Waals surface area contributed by atoms with Crippen molar-refractivity contribution >= 4 is 10.9 Å². The van der Waals surface area contributed by atoms with Crippen LogP contribution in [0.4, 0.5) is 0 Å². The Balaban J connectivity index is 0.00000121. The minimum Gasteiger partial charge on any atom is -1.00 e. The van der Waals surface area contributed by atoms with Crippen LogP contribution >= 0.6 is 0 Å². The molecule has 4 heterocycles. The number of aliphatic hydroxyl groups is 1. The topological polar surface area (TPSA) is 109 Å². The van der Waals surface area contributed by atoms with Crippen molar-refractivity contribution < 1.29 is 33.2 Å². The first-order valence-electron chi connectivity index (χ1n) is 8.68. The second-order valence-electron chi connectivity index (χ2n) is 6.97. The van der Waals surface area contributed by atoms with Crippen LogP contribution in [-0.4, -0.2) is 52.2 Å². The summed E-state index contributed by atoms with van der Waals surface area (Å²) in [6.45, 7) is 6.07. The summed E-state index contributed by atoms with van der Waals surface area (Å²) >= 11 is 0. The summed E-state index contributed by atoms with van der Waals surface area (Å²) in [5.41, 5.74) is 1.85. The first kappa shape index (κ1) is 23.3. The third kappa shape index (κ3) is 4.10. The second kappa shape index (κ2) is 9.48. The Hall–Kier alpha value is -1.70. The normalized spacial score (nSPS) is 26.9. The Morgan fingerprint density at radius 1 is 1.33 bits per heavy atom. The van der Waals surface area contributed by atoms with Gasteiger partial charge in [-0.15, -0.1) is 6.58 Å². The van der Waals surface area contributed by atoms with Crippen molar-refractivity contribution in [2.75, 3.05) is 20.2 Å². The minimum atomic E-state index is -0.504. The van der Waals surface area contributed by atoms with E-state index in [1.54, 1.807) is 13.3 Å². The third-order valence-corrected chi connectivity index (χ3v) is 5.82. The molecule has 6 nitrogen and oxygen atoms in total. The Labute approximate surface area is 165 Å². The summed E-state index contributed by atoms with van der Waals surface area (Å²) in [4.78, 5) is 6.86. The number of halogens is 1. The van der Waals surface area contributed by atoms with Gasteiger partial charge in [0.2, 0.25) is 0 Å². The van der Waals surface area contributed by atoms with E-state index in [0.717, 1.165) is 41.7 Å². The van der Waals surface area contributed by atoms with Crippen LogP contribution in [0.25, 0.3) is 10.9 Å². The molecule has 27 heavy (non-hydrogen) atoms. The first-order valence-corrected chi connectivity index (χ1v) is 8.68. The van der Waals surface area contributed by atoms with Crippen LogP contribution < -0.4 is 17.1 Å². The van der Waals surface area contributed by atoms with Gasteiger partial charge < -0.3 is 33.2 Å². The van der Waals surface area contributed by atoms with E-state index in [1.807, 2.05) is 24.3 Å². The summed E-state index contributed by atoms with van der Waals surface area (Å²) in [6.07, 6.45) is 5.62. The predicted octanol–water partition coefficient (Wildman–Crippen LogP) is -1.47. The van der Waals surface area contributed by atoms with E-state index in [0.29, 0.717) is 11.8 Å². The molecule has 3 saturated heterocycles. The summed E-state index contributed by atoms with van der Waals surface area (Å²) < 4.78 is 5.35. The smallest absolute Gasteiger partial charge is 0.119 e. The largest absolute Gasteiger partial charge is 1.00 e. The van der Waals surface area contributed by atoms with Gasteiger partial charge in [-0.25, -0.2) is 0 Å². The maximum Gasteiger partial charge on any atom is 0.119 e. The molecule has 1 aromatic heterocycles. The van der Waals surface area contributed by atoms with Gasteiger partial charge in [-0.3, -0.25) is 9.88 Å². The van der Waals surface area contributed by atoms with Gasteiger partial charge in [0, 0.05) is 24.2 Å². The summed E-state index contributed by atoms with van der Waals surface area (Å²) in [7, 11) is 1.66. The highest BCUT2D eigenvalue weighted by Gasteiger charge is 2.42. The van der Waals surface area contributed by atoms with E-state index < -0.39 is 6.10 Å². The standard InChI is InChI=1S/C20H24N2O2.ClH.2H2O/c1-3-13-12-22-9-7-14(13)10-19(22)20(23)16-6-8-21-18-5-4-15(24-2)11-17(16)18;;;/h3-6,8,11,13-14,19-20,23H,1,7,9-10,12H2,2H3;1H;2*1H2/p-1. The minimum absolute atomic E-state index is 0. The van der Waals surface area contributed by atoms with Crippen molar-refractivity contribution in [3.8, 4) is 5.75 Å². The van der Waals surface area contributed by atoms with Gasteiger partial charge in [0.1, 0.15) is 5.75 Å². The molecule has 150 valence electrons. The zero-order chi connectivity index (χ0) is 16.7. The Morgan fingerprint density at radius 3 is 2.74 bits per heavy atom. The van der Waals surface area contributed by atoms with E-state index in [1.165, 1.54) is 6.42 Å². The van der Waals surface area contributed by atoms with Gasteiger partial charge in [0.15, 0.2) is 0 Å². The van der Waals surface area contributed by atoms with Crippen LogP contribution in [-0.2, 0) is 0 Å². The average Bonchev–Trinajstić information content (AvgIpc) is 2.66. The number of pyridine rings is 1. The number of hydrogen-bond acceptors (Lipinski definition) is 4. The number of piperidine rings is 3. The van der Waals surface area contributed by atoms with Crippen molar-refractivity contribution in [2.24, 2.45) is 11.8 Å². The molecule has 0 aliphatic carbocycles. The molecule has 2 bridgehead atoms. The van der Waals surface area contributed by atoms with Gasteiger partial charge in [-0.2, -0.15) is 0 Å². The quantitative estimate of drug-likeness (QED) is 0.637. The number of fused-ring (bicyclic) bond motifs is 4. The molecule has 5 rings (SSSR count). The lowest BCUT2D eigenvalue weighted by atomic mass is 9.73. The Kier molecular flexibility index (Phi) is 8.20. The fraction of sp³-hybridized carbons (Fsp3) is 0.450. The van der Waals surface area contributed by atoms with Crippen molar-refractivity contribution in [1.29, 1.82) is 0 Å². The highest BCUT2D eigenvalue weighted by molar-refractivity contribution is 5.83. The van der Waals surface area contributed by atoms with Crippen LogP contribution in [0.1, 0.15) is 24.5 Å². The zero-order valence-corrected chi connectivity index (χ0v) is 16.2. The molecule has 5 unspecified atom stereocenters. The van der Waals surface area contributed by atoms with Gasteiger partial charge in [-0.05, 0) is 61.1 Å². The molecule has 1 aromatic carbocycles. The Morgan fingerprint density at radius 2 is 2.11 bits per heavy atom. The monoisotopic (exact) mass is 395 g/mol. The molecule has 2 aromatic rings. The highest BCUT2D eigenvalue weighted by atomic mass is 35.5. The lowest BCUT2D eigenvalue weighted by Crippen LogP contribution is -3.00. The fourth-order valence-corrected chi connectivity index (χ4v) is 4.44. The molecular weight excluding hydrogens is 368 g/mol. The summed E-state index contributed by atoms with van der Waals surface area (Å²) in [5.74, 6) is 2.01. The molecule has 5 N–H and O–H groups in total. The molecule has 0 amide bonds. The van der Waals surface area contributed by atoms with Gasteiger partial charge in [0.25, 0.3) is 0 Å². The number of aliphatic hydroxyl groups excluding tert-OH is 1. The van der Waals surface area contributed by atoms with Crippen molar-refractivity contribution in [3.63, 3.8) is 0 Å². The van der Waals surface area contributed by atoms with Gasteiger partial charge >= 0.3 is 0 Å². The molecule has 3 aliphatic heterocycles. The first-order chi connectivity index (χ1) is 11.7. The maximum atomic E-state index is 11.2. The lowest BCUT2D eigenvalue weighted by Gasteiger charge is -2.50. The van der Waals surface area contributed by atoms with Crippen molar-refractivity contribution in [1.82, 2.24) is 9.88 Å². The number of nitrogens with zero attached hydrogens (tertiary/aromatic N) is 2. The number of rotatable bonds is 4. The summed E-state index contributed by atoms with van der Waals surface area (Å²) in [5, 5.41) is 12.1. The maximum absolute atomic E-state index is 11.2. The van der Waals surface area contributed by atoms with Gasteiger partial charge in [0.05, 0.1) is 18.7 Å². The molecule has 0 saturated carbocycles. The third-order valence-electron chi connectivity index (χ3n) is 5.82. The molecule has 5 atom stereocenters. The molecule has 0 spiro atoms. The molecular formula is C20H28ClN2O4-. The van der Waals surface area contributed by atoms with Crippen LogP contribution in [0.15, 0.2) is 43.1 Å². The second-order valence-corrected chi connectivity index (χ2v) is 6.97. The number of methoxy groups -OCH3 is 1. The SMILES string of the molecule is C=CC1CN2CCC1CC2C(O)c1ccnc2ccc(OC)cc12.O.O.[Cl-]. The van der Waals surface area contributed by atoms with Crippen LogP contribution in [0.3, 0.4) is 0 Å². The number of hydrogen-bond donors (Lipinski definition) is 1. The van der Waals surface area contributed by atoms with Crippen LogP contribution in [0.2, 0.25) is 0 Å². The van der Waals surface area contributed by atoms with Crippen molar-refractivity contribution in [3.05, 3.63) is 48.7 Å². The number of aromatic nitrogens is 1. The Bertz CT molecular complexity index is 773. The van der Waals surface area contributed by atoms with E-state index in [2.05, 4.69) is 22.5 Å². The lowest BCUT2D eigenvalue weighted by molar-refractivity contribution is -0.0444. The van der Waals surface area contributed by atoms with Crippen LogP contribution in [0, 0.1) is 11.8 Å². The predicted molar refractivity (Wildman–Crippen MR) is 102 cm³/mol. The molecule has 3 aliphatic rings. The fourth-order valence-electron chi connectivity index (χ4n) is 4.44.